The largest absolute Gasteiger partial charge is 0.351 e. The van der Waals surface area contributed by atoms with Gasteiger partial charge in [0.05, 0.1) is 0 Å². The van der Waals surface area contributed by atoms with Gasteiger partial charge >= 0.3 is 0 Å². The molecule has 1 aliphatic carbocycles. The van der Waals surface area contributed by atoms with E-state index in [2.05, 4.69) is 17.3 Å². The Morgan fingerprint density at radius 3 is 2.14 bits per heavy atom. The molecule has 1 aliphatic rings. The highest BCUT2D eigenvalue weighted by Crippen LogP contribution is 2.33. The molecule has 2 aromatic carbocycles. The summed E-state index contributed by atoms with van der Waals surface area (Å²) in [6.07, 6.45) is 3.85. The van der Waals surface area contributed by atoms with Crippen molar-refractivity contribution >= 4 is 11.6 Å². The third-order valence-electron chi connectivity index (χ3n) is 4.91. The molecule has 2 heterocycles. The second kappa shape index (κ2) is 6.39. The average molecular weight is 367 g/mol. The van der Waals surface area contributed by atoms with Crippen molar-refractivity contribution in [3.05, 3.63) is 107 Å². The number of carbonyl (C=O) groups is 2. The smallest absolute Gasteiger partial charge is 0.232 e. The standard InChI is InChI=1S/C23H15N2O3/c26-21-17-8-4-5-9-18(17)22(27)23-19(21)20(24-28-23)16-10-12-25(13-11-16)14-15-6-2-1-3-7-15/h1-13H,14H2/q+1. The zero-order valence-corrected chi connectivity index (χ0v) is 14.8. The fraction of sp³-hybridized carbons (Fsp3) is 0.0435. The van der Waals surface area contributed by atoms with Crippen molar-refractivity contribution in [1.82, 2.24) is 5.16 Å². The number of nitrogens with zero attached hydrogens (tertiary/aromatic N) is 2. The van der Waals surface area contributed by atoms with Crippen LogP contribution in [0.2, 0.25) is 0 Å². The molecule has 0 radical (unpaired) electrons. The van der Waals surface area contributed by atoms with E-state index in [-0.39, 0.29) is 22.9 Å². The van der Waals surface area contributed by atoms with Crippen LogP contribution >= 0.6 is 0 Å². The first-order valence-corrected chi connectivity index (χ1v) is 8.94. The summed E-state index contributed by atoms with van der Waals surface area (Å²) in [5.74, 6) is -0.527. The first kappa shape index (κ1) is 16.3. The van der Waals surface area contributed by atoms with Gasteiger partial charge in [0.15, 0.2) is 24.7 Å². The van der Waals surface area contributed by atoms with E-state index in [0.29, 0.717) is 16.8 Å². The van der Waals surface area contributed by atoms with Gasteiger partial charge in [-0.2, -0.15) is 0 Å². The summed E-state index contributed by atoms with van der Waals surface area (Å²) in [4.78, 5) is 25.6. The van der Waals surface area contributed by atoms with Crippen LogP contribution in [-0.4, -0.2) is 16.7 Å². The second-order valence-electron chi connectivity index (χ2n) is 6.68. The maximum Gasteiger partial charge on any atom is 0.232 e. The molecule has 28 heavy (non-hydrogen) atoms. The van der Waals surface area contributed by atoms with Crippen LogP contribution in [0.5, 0.6) is 0 Å². The number of ketones is 2. The summed E-state index contributed by atoms with van der Waals surface area (Å²) < 4.78 is 7.32. The molecule has 4 aromatic rings. The summed E-state index contributed by atoms with van der Waals surface area (Å²) in [5.41, 5.74) is 3.31. The molecule has 0 aliphatic heterocycles. The third-order valence-corrected chi connectivity index (χ3v) is 4.91. The van der Waals surface area contributed by atoms with Crippen LogP contribution in [0.4, 0.5) is 0 Å². The summed E-state index contributed by atoms with van der Waals surface area (Å²) in [6, 6.07) is 20.7. The van der Waals surface area contributed by atoms with Crippen LogP contribution in [-0.2, 0) is 6.54 Å². The Bertz CT molecular complexity index is 1210. The van der Waals surface area contributed by atoms with Crippen molar-refractivity contribution in [2.45, 2.75) is 6.54 Å². The Morgan fingerprint density at radius 2 is 1.43 bits per heavy atom. The Labute approximate surface area is 160 Å². The number of aromatic nitrogens is 2. The van der Waals surface area contributed by atoms with Gasteiger partial charge in [0.1, 0.15) is 11.3 Å². The van der Waals surface area contributed by atoms with Gasteiger partial charge < -0.3 is 4.52 Å². The van der Waals surface area contributed by atoms with Crippen molar-refractivity contribution in [3.63, 3.8) is 0 Å². The van der Waals surface area contributed by atoms with Gasteiger partial charge in [-0.25, -0.2) is 4.57 Å². The quantitative estimate of drug-likeness (QED) is 0.458. The Hall–Kier alpha value is -3.86. The molecule has 0 amide bonds. The van der Waals surface area contributed by atoms with E-state index >= 15 is 0 Å². The van der Waals surface area contributed by atoms with Gasteiger partial charge in [-0.1, -0.05) is 59.8 Å². The molecule has 5 heteroatoms. The fourth-order valence-corrected chi connectivity index (χ4v) is 3.50. The molecule has 0 saturated heterocycles. The van der Waals surface area contributed by atoms with Crippen LogP contribution in [0.15, 0.2) is 83.6 Å². The lowest BCUT2D eigenvalue weighted by molar-refractivity contribution is -0.688. The molecule has 0 bridgehead atoms. The average Bonchev–Trinajstić information content (AvgIpc) is 3.19. The lowest BCUT2D eigenvalue weighted by atomic mass is 9.86. The van der Waals surface area contributed by atoms with E-state index in [0.717, 1.165) is 12.1 Å². The summed E-state index contributed by atoms with van der Waals surface area (Å²) in [5, 5.41) is 4.04. The summed E-state index contributed by atoms with van der Waals surface area (Å²) >= 11 is 0. The lowest BCUT2D eigenvalue weighted by Gasteiger charge is -2.12. The lowest BCUT2D eigenvalue weighted by Crippen LogP contribution is -2.33. The third kappa shape index (κ3) is 2.56. The highest BCUT2D eigenvalue weighted by atomic mass is 16.5. The predicted octanol–water partition coefficient (Wildman–Crippen LogP) is 3.45. The molecule has 5 rings (SSSR count). The van der Waals surface area contributed by atoms with E-state index in [1.165, 1.54) is 5.56 Å². The highest BCUT2D eigenvalue weighted by molar-refractivity contribution is 6.29. The first-order valence-electron chi connectivity index (χ1n) is 8.94. The van der Waals surface area contributed by atoms with Gasteiger partial charge in [-0.15, -0.1) is 0 Å². The number of hydrogen-bond acceptors (Lipinski definition) is 4. The minimum Gasteiger partial charge on any atom is -0.351 e. The molecule has 0 fully saturated rings. The Kier molecular flexibility index (Phi) is 3.72. The van der Waals surface area contributed by atoms with Gasteiger partial charge in [0.25, 0.3) is 0 Å². The zero-order chi connectivity index (χ0) is 19.1. The maximum atomic E-state index is 13.0. The fourth-order valence-electron chi connectivity index (χ4n) is 3.50. The molecule has 0 unspecified atom stereocenters. The summed E-state index contributed by atoms with van der Waals surface area (Å²) in [6.45, 7) is 0.739. The van der Waals surface area contributed by atoms with E-state index in [4.69, 9.17) is 4.52 Å². The molecular weight excluding hydrogens is 352 g/mol. The van der Waals surface area contributed by atoms with Crippen LogP contribution in [0.1, 0.15) is 37.6 Å². The first-order chi connectivity index (χ1) is 13.7. The number of carbonyl (C=O) groups excluding carboxylic acids is 2. The molecule has 134 valence electrons. The number of benzene rings is 2. The Balaban J connectivity index is 1.51. The van der Waals surface area contributed by atoms with Crippen molar-refractivity contribution in [2.75, 3.05) is 0 Å². The molecule has 5 nitrogen and oxygen atoms in total. The molecule has 2 aromatic heterocycles. The number of hydrogen-bond donors (Lipinski definition) is 0. The van der Waals surface area contributed by atoms with Crippen LogP contribution < -0.4 is 4.57 Å². The number of rotatable bonds is 3. The van der Waals surface area contributed by atoms with Gasteiger partial charge in [-0.3, -0.25) is 9.59 Å². The molecular formula is C23H15N2O3+. The Morgan fingerprint density at radius 1 is 0.786 bits per heavy atom. The molecule has 0 saturated carbocycles. The van der Waals surface area contributed by atoms with E-state index in [1.807, 2.05) is 47.3 Å². The minimum absolute atomic E-state index is 0.0136. The summed E-state index contributed by atoms with van der Waals surface area (Å²) in [7, 11) is 0. The maximum absolute atomic E-state index is 13.0. The topological polar surface area (TPSA) is 64.1 Å². The minimum atomic E-state index is -0.306. The van der Waals surface area contributed by atoms with Crippen LogP contribution in [0, 0.1) is 0 Å². The van der Waals surface area contributed by atoms with Gasteiger partial charge in [0, 0.05) is 34.4 Å². The van der Waals surface area contributed by atoms with Crippen molar-refractivity contribution < 1.29 is 18.7 Å². The van der Waals surface area contributed by atoms with E-state index < -0.39 is 0 Å². The monoisotopic (exact) mass is 367 g/mol. The van der Waals surface area contributed by atoms with E-state index in [9.17, 15) is 9.59 Å². The van der Waals surface area contributed by atoms with Crippen molar-refractivity contribution in [1.29, 1.82) is 0 Å². The van der Waals surface area contributed by atoms with Crippen LogP contribution in [0.25, 0.3) is 11.3 Å². The normalized spacial score (nSPS) is 12.6. The number of pyridine rings is 1. The predicted molar refractivity (Wildman–Crippen MR) is 101 cm³/mol. The molecule has 0 spiro atoms. The molecule has 0 N–H and O–H groups in total. The van der Waals surface area contributed by atoms with Crippen molar-refractivity contribution in [3.8, 4) is 11.3 Å². The van der Waals surface area contributed by atoms with Gasteiger partial charge in [-0.05, 0) is 0 Å². The second-order valence-corrected chi connectivity index (χ2v) is 6.68. The van der Waals surface area contributed by atoms with Gasteiger partial charge in [0.2, 0.25) is 11.5 Å². The van der Waals surface area contributed by atoms with Crippen LogP contribution in [0.3, 0.4) is 0 Å². The highest BCUT2D eigenvalue weighted by Gasteiger charge is 2.36. The SMILES string of the molecule is O=C1c2ccccc2C(=O)c2c(-c3cc[n+](Cc4ccccc4)cc3)noc21. The molecule has 0 atom stereocenters. The zero-order valence-electron chi connectivity index (χ0n) is 14.8. The van der Waals surface area contributed by atoms with E-state index in [1.54, 1.807) is 24.3 Å². The number of fused-ring (bicyclic) bond motifs is 2. The van der Waals surface area contributed by atoms with Crippen molar-refractivity contribution in [2.24, 2.45) is 0 Å².